The number of ether oxygens (including phenoxy) is 2. The van der Waals surface area contributed by atoms with Crippen LogP contribution in [0.4, 0.5) is 0 Å². The van der Waals surface area contributed by atoms with E-state index in [2.05, 4.69) is 4.74 Å². The van der Waals surface area contributed by atoms with E-state index in [0.29, 0.717) is 6.61 Å². The number of hydrogen-bond donors (Lipinski definition) is 1. The minimum atomic E-state index is -0.842. The first-order valence-electron chi connectivity index (χ1n) is 5.54. The second kappa shape index (κ2) is 7.04. The van der Waals surface area contributed by atoms with E-state index in [9.17, 15) is 9.90 Å². The largest absolute Gasteiger partial charge is 0.469 e. The van der Waals surface area contributed by atoms with E-state index in [4.69, 9.17) is 4.74 Å². The topological polar surface area (TPSA) is 55.8 Å². The zero-order valence-corrected chi connectivity index (χ0v) is 10.1. The molecule has 2 atom stereocenters. The minimum Gasteiger partial charge on any atom is -0.469 e. The summed E-state index contributed by atoms with van der Waals surface area (Å²) in [5, 5.41) is 9.67. The first-order valence-corrected chi connectivity index (χ1v) is 5.54. The van der Waals surface area contributed by atoms with Crippen LogP contribution in [0, 0.1) is 0 Å². The highest BCUT2D eigenvalue weighted by atomic mass is 16.5. The molecule has 4 heteroatoms. The van der Waals surface area contributed by atoms with Gasteiger partial charge in [-0.15, -0.1) is 0 Å². The predicted molar refractivity (Wildman–Crippen MR) is 63.3 cm³/mol. The average molecular weight is 238 g/mol. The van der Waals surface area contributed by atoms with Gasteiger partial charge in [0.05, 0.1) is 32.3 Å². The van der Waals surface area contributed by atoms with Gasteiger partial charge in [-0.2, -0.15) is 0 Å². The number of esters is 1. The molecule has 0 bridgehead atoms. The first kappa shape index (κ1) is 13.7. The van der Waals surface area contributed by atoms with Crippen molar-refractivity contribution in [1.82, 2.24) is 0 Å². The Labute approximate surface area is 101 Å². The molecule has 0 amide bonds. The summed E-state index contributed by atoms with van der Waals surface area (Å²) in [7, 11) is 1.30. The van der Waals surface area contributed by atoms with Crippen molar-refractivity contribution in [3.63, 3.8) is 0 Å². The second-order valence-electron chi connectivity index (χ2n) is 3.85. The molecule has 0 aliphatic heterocycles. The molecule has 1 N–H and O–H groups in total. The Kier molecular flexibility index (Phi) is 5.66. The van der Waals surface area contributed by atoms with E-state index in [1.807, 2.05) is 30.3 Å². The van der Waals surface area contributed by atoms with Crippen LogP contribution in [0.1, 0.15) is 18.9 Å². The third kappa shape index (κ3) is 4.97. The van der Waals surface area contributed by atoms with Crippen molar-refractivity contribution in [2.75, 3.05) is 7.11 Å². The van der Waals surface area contributed by atoms with Crippen LogP contribution in [0.2, 0.25) is 0 Å². The summed E-state index contributed by atoms with van der Waals surface area (Å²) < 4.78 is 9.96. The standard InChI is InChI=1S/C13H18O4/c1-10(12(14)8-13(15)16-2)17-9-11-6-4-3-5-7-11/h3-7,10,12,14H,8-9H2,1-2H3. The van der Waals surface area contributed by atoms with E-state index in [-0.39, 0.29) is 6.42 Å². The van der Waals surface area contributed by atoms with Crippen LogP contribution in [0.25, 0.3) is 0 Å². The van der Waals surface area contributed by atoms with Gasteiger partial charge in [0, 0.05) is 0 Å². The van der Waals surface area contributed by atoms with Gasteiger partial charge in [0.2, 0.25) is 0 Å². The highest BCUT2D eigenvalue weighted by molar-refractivity contribution is 5.69. The van der Waals surface area contributed by atoms with Gasteiger partial charge in [-0.1, -0.05) is 30.3 Å². The average Bonchev–Trinajstić information content (AvgIpc) is 2.36. The van der Waals surface area contributed by atoms with Crippen LogP contribution in [0.5, 0.6) is 0 Å². The third-order valence-corrected chi connectivity index (χ3v) is 2.50. The number of carbonyl (C=O) groups excluding carboxylic acids is 1. The summed E-state index contributed by atoms with van der Waals surface area (Å²) in [6.45, 7) is 2.15. The van der Waals surface area contributed by atoms with Crippen LogP contribution in [-0.2, 0) is 20.9 Å². The lowest BCUT2D eigenvalue weighted by molar-refractivity contribution is -0.145. The summed E-state index contributed by atoms with van der Waals surface area (Å²) in [5.74, 6) is -0.437. The number of aliphatic hydroxyl groups is 1. The Morgan fingerprint density at radius 2 is 2.00 bits per heavy atom. The van der Waals surface area contributed by atoms with E-state index in [0.717, 1.165) is 5.56 Å². The molecule has 0 fully saturated rings. The maximum Gasteiger partial charge on any atom is 0.308 e. The molecule has 2 unspecified atom stereocenters. The summed E-state index contributed by atoms with van der Waals surface area (Å²) in [5.41, 5.74) is 1.03. The number of carbonyl (C=O) groups is 1. The molecule has 0 spiro atoms. The SMILES string of the molecule is COC(=O)CC(O)C(C)OCc1ccccc1. The smallest absolute Gasteiger partial charge is 0.308 e. The normalized spacial score (nSPS) is 14.1. The molecule has 1 aromatic rings. The zero-order chi connectivity index (χ0) is 12.7. The van der Waals surface area contributed by atoms with Crippen LogP contribution in [0.15, 0.2) is 30.3 Å². The molecule has 0 radical (unpaired) electrons. The second-order valence-corrected chi connectivity index (χ2v) is 3.85. The fraction of sp³-hybridized carbons (Fsp3) is 0.462. The Morgan fingerprint density at radius 3 is 2.59 bits per heavy atom. The van der Waals surface area contributed by atoms with E-state index < -0.39 is 18.2 Å². The van der Waals surface area contributed by atoms with Crippen LogP contribution >= 0.6 is 0 Å². The van der Waals surface area contributed by atoms with Gasteiger partial charge < -0.3 is 14.6 Å². The Morgan fingerprint density at radius 1 is 1.35 bits per heavy atom. The van der Waals surface area contributed by atoms with Crippen molar-refractivity contribution in [2.24, 2.45) is 0 Å². The molecule has 4 nitrogen and oxygen atoms in total. The Bertz CT molecular complexity index is 337. The van der Waals surface area contributed by atoms with Crippen LogP contribution < -0.4 is 0 Å². The van der Waals surface area contributed by atoms with Gasteiger partial charge in [0.15, 0.2) is 0 Å². The molecule has 1 rings (SSSR count). The summed E-state index contributed by atoms with van der Waals surface area (Å²) >= 11 is 0. The summed E-state index contributed by atoms with van der Waals surface area (Å²) in [6, 6.07) is 9.67. The van der Waals surface area contributed by atoms with Crippen molar-refractivity contribution >= 4 is 5.97 Å². The van der Waals surface area contributed by atoms with Crippen molar-refractivity contribution in [3.05, 3.63) is 35.9 Å². The Hall–Kier alpha value is -1.39. The van der Waals surface area contributed by atoms with E-state index >= 15 is 0 Å². The fourth-order valence-corrected chi connectivity index (χ4v) is 1.33. The fourth-order valence-electron chi connectivity index (χ4n) is 1.33. The van der Waals surface area contributed by atoms with Gasteiger partial charge in [0.25, 0.3) is 0 Å². The molecule has 1 aromatic carbocycles. The number of methoxy groups -OCH3 is 1. The third-order valence-electron chi connectivity index (χ3n) is 2.50. The molecule has 0 saturated heterocycles. The van der Waals surface area contributed by atoms with Crippen molar-refractivity contribution in [1.29, 1.82) is 0 Å². The van der Waals surface area contributed by atoms with Crippen LogP contribution in [0.3, 0.4) is 0 Å². The summed E-state index contributed by atoms with van der Waals surface area (Å²) in [6.07, 6.45) is -1.30. The molecule has 0 aliphatic carbocycles. The highest BCUT2D eigenvalue weighted by Crippen LogP contribution is 2.08. The first-order chi connectivity index (χ1) is 8.13. The maximum atomic E-state index is 11.0. The van der Waals surface area contributed by atoms with Gasteiger partial charge in [-0.05, 0) is 12.5 Å². The molecule has 0 saturated carbocycles. The molecule has 94 valence electrons. The zero-order valence-electron chi connectivity index (χ0n) is 10.1. The van der Waals surface area contributed by atoms with Crippen molar-refractivity contribution in [3.8, 4) is 0 Å². The lowest BCUT2D eigenvalue weighted by Crippen LogP contribution is -2.28. The molecular formula is C13H18O4. The van der Waals surface area contributed by atoms with Gasteiger partial charge in [-0.3, -0.25) is 4.79 Å². The van der Waals surface area contributed by atoms with Gasteiger partial charge >= 0.3 is 5.97 Å². The van der Waals surface area contributed by atoms with E-state index in [1.54, 1.807) is 6.92 Å². The van der Waals surface area contributed by atoms with Crippen LogP contribution in [-0.4, -0.2) is 30.4 Å². The predicted octanol–water partition coefficient (Wildman–Crippen LogP) is 1.52. The number of hydrogen-bond acceptors (Lipinski definition) is 4. The highest BCUT2D eigenvalue weighted by Gasteiger charge is 2.18. The molecule has 0 aliphatic rings. The number of aliphatic hydroxyl groups excluding tert-OH is 1. The number of rotatable bonds is 6. The molecule has 0 aromatic heterocycles. The maximum absolute atomic E-state index is 11.0. The minimum absolute atomic E-state index is 0.0492. The number of benzene rings is 1. The van der Waals surface area contributed by atoms with E-state index in [1.165, 1.54) is 7.11 Å². The molecule has 0 heterocycles. The molecule has 17 heavy (non-hydrogen) atoms. The quantitative estimate of drug-likeness (QED) is 0.763. The van der Waals surface area contributed by atoms with Crippen molar-refractivity contribution in [2.45, 2.75) is 32.2 Å². The Balaban J connectivity index is 2.34. The van der Waals surface area contributed by atoms with Gasteiger partial charge in [-0.25, -0.2) is 0 Å². The monoisotopic (exact) mass is 238 g/mol. The lowest BCUT2D eigenvalue weighted by atomic mass is 10.1. The lowest BCUT2D eigenvalue weighted by Gasteiger charge is -2.18. The van der Waals surface area contributed by atoms with Crippen molar-refractivity contribution < 1.29 is 19.4 Å². The molecular weight excluding hydrogens is 220 g/mol. The summed E-state index contributed by atoms with van der Waals surface area (Å²) in [4.78, 5) is 11.0. The van der Waals surface area contributed by atoms with Gasteiger partial charge in [0.1, 0.15) is 0 Å².